The molecule has 0 aliphatic rings. The van der Waals surface area contributed by atoms with Crippen LogP contribution in [0, 0.1) is 13.8 Å². The molecule has 0 atom stereocenters. The summed E-state index contributed by atoms with van der Waals surface area (Å²) in [5, 5.41) is -1.90. The van der Waals surface area contributed by atoms with Crippen LogP contribution in [0.25, 0.3) is 44.6 Å². The topological polar surface area (TPSA) is 610 Å². The summed E-state index contributed by atoms with van der Waals surface area (Å²) >= 11 is 0. The van der Waals surface area contributed by atoms with Crippen LogP contribution < -0.4 is 53.8 Å². The van der Waals surface area contributed by atoms with Gasteiger partial charge in [-0.2, -0.15) is 0 Å². The summed E-state index contributed by atoms with van der Waals surface area (Å²) in [6, 6.07) is 7.27. The van der Waals surface area contributed by atoms with Crippen molar-refractivity contribution in [3.05, 3.63) is 115 Å². The normalized spacial score (nSPS) is 12.8. The number of ether oxygens (including phenoxy) is 2. The first-order valence-corrected chi connectivity index (χ1v) is 32.0. The van der Waals surface area contributed by atoms with Crippen LogP contribution >= 0.6 is 0 Å². The third-order valence-corrected chi connectivity index (χ3v) is 13.4. The van der Waals surface area contributed by atoms with Crippen LogP contribution in [0.4, 0.5) is 0 Å². The van der Waals surface area contributed by atoms with Crippen molar-refractivity contribution in [2.24, 2.45) is 0 Å². The van der Waals surface area contributed by atoms with E-state index < -0.39 is 209 Å². The maximum absolute atomic E-state index is 14.2. The summed E-state index contributed by atoms with van der Waals surface area (Å²) in [6.45, 7) is 1.28. The summed E-state index contributed by atoms with van der Waals surface area (Å²) in [6.07, 6.45) is 0. The Balaban J connectivity index is 1.31. The first kappa shape index (κ1) is 65.3. The molecule has 0 aliphatic heterocycles. The Morgan fingerprint density at radius 3 is 0.930 bits per heavy atom. The summed E-state index contributed by atoms with van der Waals surface area (Å²) in [5.74, 6) is -15.0. The maximum atomic E-state index is 14.2. The minimum atomic E-state index is -6.05. The summed E-state index contributed by atoms with van der Waals surface area (Å²) in [5.41, 5.74) is -6.43. The van der Waals surface area contributed by atoms with Gasteiger partial charge in [0.2, 0.25) is 22.4 Å². The van der Waals surface area contributed by atoms with E-state index in [0.717, 1.165) is 0 Å². The van der Waals surface area contributed by atoms with Crippen molar-refractivity contribution in [3.63, 3.8) is 0 Å². The fraction of sp³-hybridized carbons (Fsp3) is 0.100. The Morgan fingerprint density at radius 1 is 0.349 bits per heavy atom. The van der Waals surface area contributed by atoms with E-state index in [1.54, 1.807) is 0 Å². The smallest absolute Gasteiger partial charge is 0.262 e. The molecule has 466 valence electrons. The predicted octanol–water partition coefficient (Wildman–Crippen LogP) is -0.280. The summed E-state index contributed by atoms with van der Waals surface area (Å²) in [7, 11) is -46.8. The molecular weight excluding hydrogens is 1340 g/mol. The molecule has 0 radical (unpaired) electrons. The second kappa shape index (κ2) is 23.2. The summed E-state index contributed by atoms with van der Waals surface area (Å²) in [4.78, 5) is 28.4. The molecule has 2 heterocycles. The molecule has 0 unspecified atom stereocenters. The molecule has 0 saturated carbocycles. The first-order chi connectivity index (χ1) is 39.2. The van der Waals surface area contributed by atoms with E-state index in [9.17, 15) is 113 Å². The van der Waals surface area contributed by atoms with Crippen LogP contribution in [0.5, 0.6) is 57.5 Å². The van der Waals surface area contributed by atoms with Crippen molar-refractivity contribution in [1.29, 1.82) is 0 Å². The Bertz CT molecular complexity index is 4740. The third kappa shape index (κ3) is 17.5. The standard InChI is InChI=1S/C40H30O38S8/c1-17-7-22(16-68-30-12-24(72-80(46,47)48)14-32-34(30)36(42)40(78-86(64,65)66)38(70-32)20-4-6-26(74-82(52,53)54)28(10-20)76-84(58,59)60)18(2)8-21(17)15-67-29-11-23(71-79(43,44)45)13-31-33(29)35(41)39(77-85(61,62)63)37(69-31)19-3-5-25(73-81(49,50)51)27(9-19)75-83(55,56)57/h3-14H,15-16H2,1-2H3,(H,43,44,45)(H,46,47,48)(H,49,50,51)(H,52,53,54)(H,55,56,57)(H,58,59,60)(H,61,62,63)(H,64,65,66)/p-8. The molecule has 0 aliphatic carbocycles. The average molecular weight is 1370 g/mol. The molecule has 7 aromatic rings. The highest BCUT2D eigenvalue weighted by Crippen LogP contribution is 2.43. The van der Waals surface area contributed by atoms with E-state index in [2.05, 4.69) is 33.5 Å². The zero-order valence-electron chi connectivity index (χ0n) is 41.1. The largest absolute Gasteiger partial charge is 0.716 e. The third-order valence-electron chi connectivity index (χ3n) is 10.3. The molecular formula is C40H22O38S8-8. The van der Waals surface area contributed by atoms with Crippen molar-refractivity contribution >= 4 is 105 Å². The van der Waals surface area contributed by atoms with Gasteiger partial charge in [0.15, 0.2) is 34.5 Å². The van der Waals surface area contributed by atoms with E-state index >= 15 is 0 Å². The lowest BCUT2D eigenvalue weighted by Crippen LogP contribution is -2.17. The molecule has 7 rings (SSSR count). The van der Waals surface area contributed by atoms with Gasteiger partial charge in [0, 0.05) is 35.4 Å². The minimum absolute atomic E-state index is 0.107. The lowest BCUT2D eigenvalue weighted by Gasteiger charge is -2.19. The van der Waals surface area contributed by atoms with Gasteiger partial charge in [-0.15, -0.1) is 0 Å². The quantitative estimate of drug-likeness (QED) is 0.0554. The van der Waals surface area contributed by atoms with Crippen LogP contribution in [0.2, 0.25) is 0 Å². The minimum Gasteiger partial charge on any atom is -0.716 e. The summed E-state index contributed by atoms with van der Waals surface area (Å²) < 4.78 is 336. The molecule has 0 fully saturated rings. The van der Waals surface area contributed by atoms with Gasteiger partial charge in [-0.3, -0.25) is 9.59 Å². The molecule has 2 aromatic heterocycles. The van der Waals surface area contributed by atoms with Crippen molar-refractivity contribution in [1.82, 2.24) is 0 Å². The van der Waals surface area contributed by atoms with E-state index in [4.69, 9.17) is 18.3 Å². The predicted molar refractivity (Wildman–Crippen MR) is 263 cm³/mol. The molecule has 46 heteroatoms. The second-order valence-corrected chi connectivity index (χ2v) is 24.2. The lowest BCUT2D eigenvalue weighted by molar-refractivity contribution is 0.302. The highest BCUT2D eigenvalue weighted by atomic mass is 32.3. The first-order valence-electron chi connectivity index (χ1n) is 21.3. The molecule has 0 saturated heterocycles. The number of aryl methyl sites for hydroxylation is 2. The second-order valence-electron chi connectivity index (χ2n) is 16.3. The number of fused-ring (bicyclic) bond motifs is 2. The van der Waals surface area contributed by atoms with Crippen LogP contribution in [-0.4, -0.2) is 104 Å². The van der Waals surface area contributed by atoms with Gasteiger partial charge >= 0.3 is 0 Å². The average Bonchev–Trinajstić information content (AvgIpc) is 0.796. The highest BCUT2D eigenvalue weighted by Gasteiger charge is 2.29. The SMILES string of the molecule is Cc1cc(COc2cc(OS(=O)(=O)[O-])cc3oc(-c4ccc(OS(=O)(=O)[O-])c(OS(=O)(=O)[O-])c4)c(OS(=O)(=O)[O-])c(=O)c23)c(C)cc1COc1cc(OS(=O)(=O)[O-])cc2oc(-c3ccc(OS(=O)(=O)[O-])c(OS(=O)(=O)[O-])c3)c(OS(=O)(=O)[O-])c(=O)c12. The lowest BCUT2D eigenvalue weighted by atomic mass is 10.0. The van der Waals surface area contributed by atoms with Gasteiger partial charge in [0.1, 0.15) is 58.2 Å². The van der Waals surface area contributed by atoms with Gasteiger partial charge in [0.25, 0.3) is 83.2 Å². The van der Waals surface area contributed by atoms with Crippen LogP contribution in [0.3, 0.4) is 0 Å². The fourth-order valence-electron chi connectivity index (χ4n) is 7.35. The van der Waals surface area contributed by atoms with Gasteiger partial charge < -0.3 is 88.2 Å². The molecule has 5 aromatic carbocycles. The van der Waals surface area contributed by atoms with Crippen LogP contribution in [0.1, 0.15) is 22.3 Å². The van der Waals surface area contributed by atoms with Crippen molar-refractivity contribution in [3.8, 4) is 80.1 Å². The molecule has 0 amide bonds. The fourth-order valence-corrected chi connectivity index (χ4v) is 10.1. The number of benzene rings is 5. The van der Waals surface area contributed by atoms with Crippen molar-refractivity contribution in [2.75, 3.05) is 0 Å². The van der Waals surface area contributed by atoms with E-state index in [0.29, 0.717) is 48.5 Å². The molecule has 0 N–H and O–H groups in total. The number of hydrogen-bond acceptors (Lipinski definition) is 38. The Hall–Kier alpha value is -8.20. The number of hydrogen-bond donors (Lipinski definition) is 0. The molecule has 0 bridgehead atoms. The van der Waals surface area contributed by atoms with E-state index in [-0.39, 0.29) is 34.4 Å². The molecule has 86 heavy (non-hydrogen) atoms. The van der Waals surface area contributed by atoms with Crippen molar-refractivity contribution < 1.29 is 156 Å². The Morgan fingerprint density at radius 2 is 0.640 bits per heavy atom. The Kier molecular flexibility index (Phi) is 17.7. The van der Waals surface area contributed by atoms with Gasteiger partial charge in [-0.25, -0.2) is 67.3 Å². The zero-order valence-corrected chi connectivity index (χ0v) is 47.7. The van der Waals surface area contributed by atoms with Gasteiger partial charge in [0.05, 0.1) is 0 Å². The van der Waals surface area contributed by atoms with Crippen molar-refractivity contribution in [2.45, 2.75) is 27.1 Å². The molecule has 0 spiro atoms. The maximum Gasteiger partial charge on any atom is 0.262 e. The van der Waals surface area contributed by atoms with E-state index in [1.165, 1.54) is 26.0 Å². The van der Waals surface area contributed by atoms with Crippen LogP contribution in [-0.2, 0) is 96.4 Å². The number of rotatable bonds is 24. The van der Waals surface area contributed by atoms with E-state index in [1.807, 2.05) is 0 Å². The monoisotopic (exact) mass is 1370 g/mol. The van der Waals surface area contributed by atoms with Gasteiger partial charge in [-0.1, -0.05) is 12.1 Å². The zero-order chi connectivity index (χ0) is 64.2. The van der Waals surface area contributed by atoms with Gasteiger partial charge in [-0.05, 0) is 72.5 Å². The van der Waals surface area contributed by atoms with Crippen LogP contribution in [0.15, 0.2) is 91.2 Å². The Labute approximate surface area is 480 Å². The highest BCUT2D eigenvalue weighted by molar-refractivity contribution is 7.82. The molecule has 38 nitrogen and oxygen atoms in total.